The van der Waals surface area contributed by atoms with E-state index in [0.717, 1.165) is 23.0 Å². The maximum atomic E-state index is 11.4. The standard InChI is InChI=1S/C18H26O2S/c1-17(2,3)14-9-13(12(11-19)7-8-21)10-15(16(14)20)18(4,5)6/h8-12,20H,7H2,1-6H3. The summed E-state index contributed by atoms with van der Waals surface area (Å²) in [5, 5.41) is 12.2. The summed E-state index contributed by atoms with van der Waals surface area (Å²) in [6.45, 7) is 12.4. The Morgan fingerprint density at radius 1 is 1.10 bits per heavy atom. The predicted octanol–water partition coefficient (Wildman–Crippen LogP) is 4.66. The normalized spacial score (nSPS) is 13.8. The molecule has 0 amide bonds. The summed E-state index contributed by atoms with van der Waals surface area (Å²) in [4.78, 5) is 11.4. The van der Waals surface area contributed by atoms with Gasteiger partial charge in [-0.05, 0) is 39.3 Å². The number of hydrogen-bond donors (Lipinski definition) is 1. The van der Waals surface area contributed by atoms with Crippen molar-refractivity contribution in [2.45, 2.75) is 64.7 Å². The number of rotatable bonds is 4. The first-order valence-corrected chi connectivity index (χ1v) is 7.76. The van der Waals surface area contributed by atoms with E-state index in [2.05, 4.69) is 41.5 Å². The molecule has 0 aliphatic heterocycles. The molecule has 1 aromatic carbocycles. The van der Waals surface area contributed by atoms with Crippen LogP contribution in [0.3, 0.4) is 0 Å². The Morgan fingerprint density at radius 3 is 1.81 bits per heavy atom. The van der Waals surface area contributed by atoms with Crippen molar-refractivity contribution in [1.82, 2.24) is 0 Å². The number of carbonyl (C=O) groups excluding carboxylic acids is 1. The van der Waals surface area contributed by atoms with Gasteiger partial charge >= 0.3 is 0 Å². The van der Waals surface area contributed by atoms with Gasteiger partial charge in [-0.3, -0.25) is 0 Å². The van der Waals surface area contributed by atoms with Gasteiger partial charge in [0.1, 0.15) is 12.0 Å². The molecule has 0 heterocycles. The summed E-state index contributed by atoms with van der Waals surface area (Å²) >= 11 is 4.90. The monoisotopic (exact) mass is 306 g/mol. The maximum absolute atomic E-state index is 11.4. The summed E-state index contributed by atoms with van der Waals surface area (Å²) in [5.41, 5.74) is 2.30. The third-order valence-electron chi connectivity index (χ3n) is 3.69. The molecule has 2 nitrogen and oxygen atoms in total. The zero-order valence-corrected chi connectivity index (χ0v) is 14.7. The van der Waals surface area contributed by atoms with Crippen molar-refractivity contribution in [2.75, 3.05) is 0 Å². The minimum absolute atomic E-state index is 0.189. The molecule has 1 unspecified atom stereocenters. The number of phenolic OH excluding ortho intramolecular Hbond substituents is 1. The van der Waals surface area contributed by atoms with E-state index in [0.29, 0.717) is 12.2 Å². The number of phenols is 1. The molecule has 1 rings (SSSR count). The highest BCUT2D eigenvalue weighted by Crippen LogP contribution is 2.41. The lowest BCUT2D eigenvalue weighted by Gasteiger charge is -2.29. The van der Waals surface area contributed by atoms with Crippen molar-refractivity contribution in [3.63, 3.8) is 0 Å². The summed E-state index contributed by atoms with van der Waals surface area (Å²) in [6, 6.07) is 3.89. The van der Waals surface area contributed by atoms with E-state index < -0.39 is 0 Å². The van der Waals surface area contributed by atoms with Crippen LogP contribution >= 0.6 is 12.2 Å². The zero-order valence-electron chi connectivity index (χ0n) is 13.9. The quantitative estimate of drug-likeness (QED) is 0.649. The second kappa shape index (κ2) is 6.27. The van der Waals surface area contributed by atoms with Crippen LogP contribution < -0.4 is 0 Å². The highest BCUT2D eigenvalue weighted by atomic mass is 32.1. The van der Waals surface area contributed by atoms with Gasteiger partial charge in [-0.1, -0.05) is 65.9 Å². The SMILES string of the molecule is CC(C)(C)c1cc(C(C=O)CC=S)cc(C(C)(C)C)c1O. The van der Waals surface area contributed by atoms with Crippen molar-refractivity contribution in [2.24, 2.45) is 0 Å². The molecule has 0 aromatic heterocycles. The Balaban J connectivity index is 3.61. The lowest BCUT2D eigenvalue weighted by molar-refractivity contribution is -0.108. The van der Waals surface area contributed by atoms with Crippen LogP contribution in [0.25, 0.3) is 0 Å². The molecule has 1 N–H and O–H groups in total. The zero-order chi connectivity index (χ0) is 16.4. The number of aromatic hydroxyl groups is 1. The first-order chi connectivity index (χ1) is 9.52. The second-order valence-electron chi connectivity index (χ2n) is 7.61. The van der Waals surface area contributed by atoms with Crippen LogP contribution in [0.2, 0.25) is 0 Å². The third kappa shape index (κ3) is 4.13. The molecule has 0 spiro atoms. The first kappa shape index (κ1) is 17.8. The van der Waals surface area contributed by atoms with Crippen molar-refractivity contribution < 1.29 is 9.90 Å². The summed E-state index contributed by atoms with van der Waals surface area (Å²) in [7, 11) is 0. The van der Waals surface area contributed by atoms with E-state index in [4.69, 9.17) is 12.2 Å². The van der Waals surface area contributed by atoms with Gasteiger partial charge < -0.3 is 9.90 Å². The van der Waals surface area contributed by atoms with Crippen LogP contribution in [0.1, 0.15) is 70.6 Å². The van der Waals surface area contributed by atoms with Crippen LogP contribution in [-0.4, -0.2) is 16.8 Å². The van der Waals surface area contributed by atoms with E-state index in [1.54, 1.807) is 5.37 Å². The number of benzene rings is 1. The second-order valence-corrected chi connectivity index (χ2v) is 7.94. The molecular weight excluding hydrogens is 280 g/mol. The fourth-order valence-corrected chi connectivity index (χ4v) is 2.60. The lowest BCUT2D eigenvalue weighted by Crippen LogP contribution is -2.18. The average molecular weight is 306 g/mol. The Labute approximate surface area is 133 Å². The lowest BCUT2D eigenvalue weighted by atomic mass is 9.77. The predicted molar refractivity (Wildman–Crippen MR) is 92.6 cm³/mol. The largest absolute Gasteiger partial charge is 0.507 e. The van der Waals surface area contributed by atoms with Gasteiger partial charge in [0.2, 0.25) is 0 Å². The fraction of sp³-hybridized carbons (Fsp3) is 0.556. The molecule has 116 valence electrons. The van der Waals surface area contributed by atoms with Gasteiger partial charge in [0.25, 0.3) is 0 Å². The minimum Gasteiger partial charge on any atom is -0.507 e. The first-order valence-electron chi connectivity index (χ1n) is 7.29. The highest BCUT2D eigenvalue weighted by Gasteiger charge is 2.27. The third-order valence-corrected chi connectivity index (χ3v) is 3.88. The van der Waals surface area contributed by atoms with Crippen molar-refractivity contribution in [1.29, 1.82) is 0 Å². The molecule has 1 atom stereocenters. The maximum Gasteiger partial charge on any atom is 0.127 e. The van der Waals surface area contributed by atoms with E-state index in [1.165, 1.54) is 0 Å². The Kier molecular flexibility index (Phi) is 5.32. The number of hydrogen-bond acceptors (Lipinski definition) is 3. The summed E-state index contributed by atoms with van der Waals surface area (Å²) in [6.07, 6.45) is 1.48. The Bertz CT molecular complexity index is 498. The van der Waals surface area contributed by atoms with Crippen LogP contribution in [0.15, 0.2) is 12.1 Å². The van der Waals surface area contributed by atoms with Gasteiger partial charge in [0.15, 0.2) is 0 Å². The van der Waals surface area contributed by atoms with Crippen LogP contribution in [-0.2, 0) is 15.6 Å². The van der Waals surface area contributed by atoms with E-state index in [-0.39, 0.29) is 16.7 Å². The van der Waals surface area contributed by atoms with Gasteiger partial charge in [0.05, 0.1) is 0 Å². The highest BCUT2D eigenvalue weighted by molar-refractivity contribution is 7.78. The molecular formula is C18H26O2S. The van der Waals surface area contributed by atoms with Crippen molar-refractivity contribution in [3.8, 4) is 5.75 Å². The van der Waals surface area contributed by atoms with Crippen LogP contribution in [0.5, 0.6) is 5.75 Å². The molecule has 0 fully saturated rings. The van der Waals surface area contributed by atoms with Crippen LogP contribution in [0, 0.1) is 0 Å². The Hall–Kier alpha value is -1.22. The summed E-state index contributed by atoms with van der Waals surface area (Å²) in [5.74, 6) is 0.0936. The van der Waals surface area contributed by atoms with Crippen molar-refractivity contribution in [3.05, 3.63) is 28.8 Å². The van der Waals surface area contributed by atoms with E-state index >= 15 is 0 Å². The molecule has 0 bridgehead atoms. The molecule has 0 aliphatic carbocycles. The molecule has 1 aromatic rings. The Morgan fingerprint density at radius 2 is 1.52 bits per heavy atom. The van der Waals surface area contributed by atoms with E-state index in [1.807, 2.05) is 12.1 Å². The van der Waals surface area contributed by atoms with Gasteiger partial charge in [-0.15, -0.1) is 0 Å². The van der Waals surface area contributed by atoms with Crippen LogP contribution in [0.4, 0.5) is 0 Å². The fourth-order valence-electron chi connectivity index (χ4n) is 2.39. The number of thiocarbonyl (C=S) groups is 1. The molecule has 0 radical (unpaired) electrons. The summed E-state index contributed by atoms with van der Waals surface area (Å²) < 4.78 is 0. The minimum atomic E-state index is -0.245. The number of aldehydes is 1. The van der Waals surface area contributed by atoms with Gasteiger partial charge in [0, 0.05) is 5.92 Å². The topological polar surface area (TPSA) is 37.3 Å². The van der Waals surface area contributed by atoms with Gasteiger partial charge in [-0.25, -0.2) is 0 Å². The molecule has 0 aliphatic rings. The number of carbonyl (C=O) groups is 1. The molecule has 0 saturated carbocycles. The van der Waals surface area contributed by atoms with Gasteiger partial charge in [-0.2, -0.15) is 0 Å². The van der Waals surface area contributed by atoms with Crippen molar-refractivity contribution >= 4 is 23.9 Å². The van der Waals surface area contributed by atoms with E-state index in [9.17, 15) is 9.90 Å². The average Bonchev–Trinajstić information content (AvgIpc) is 2.33. The molecule has 3 heteroatoms. The smallest absolute Gasteiger partial charge is 0.127 e. The molecule has 21 heavy (non-hydrogen) atoms. The molecule has 0 saturated heterocycles.